The zero-order valence-electron chi connectivity index (χ0n) is 16.2. The molecule has 0 saturated carbocycles. The first-order chi connectivity index (χ1) is 13.6. The first-order valence-corrected chi connectivity index (χ1v) is 9.84. The molecule has 1 spiro atoms. The Balaban J connectivity index is 1.53. The number of aryl methyl sites for hydroxylation is 1. The van der Waals surface area contributed by atoms with Crippen LogP contribution in [-0.4, -0.2) is 68.2 Å². The summed E-state index contributed by atoms with van der Waals surface area (Å²) < 4.78 is 1.86. The van der Waals surface area contributed by atoms with Gasteiger partial charge < -0.3 is 14.8 Å². The molecule has 0 unspecified atom stereocenters. The number of rotatable bonds is 6. The minimum atomic E-state index is -0.709. The van der Waals surface area contributed by atoms with Gasteiger partial charge in [-0.05, 0) is 44.8 Å². The molecule has 2 aliphatic rings. The van der Waals surface area contributed by atoms with E-state index in [0.29, 0.717) is 32.5 Å². The largest absolute Gasteiger partial charge is 0.327 e. The smallest absolute Gasteiger partial charge is 0.317 e. The van der Waals surface area contributed by atoms with Crippen molar-refractivity contribution in [2.75, 3.05) is 26.2 Å². The number of carbonyl (C=O) groups excluding carboxylic acids is 2. The van der Waals surface area contributed by atoms with Gasteiger partial charge in [0.05, 0.1) is 0 Å². The number of piperidine rings is 1. The van der Waals surface area contributed by atoms with E-state index in [1.807, 2.05) is 34.6 Å². The summed E-state index contributed by atoms with van der Waals surface area (Å²) >= 11 is 0. The SMILES string of the molecule is Cc1nncn1CCN1C(=O)N(CCc2ccccc2)C2(CCNCC2)C1=O. The zero-order valence-corrected chi connectivity index (χ0v) is 16.2. The maximum absolute atomic E-state index is 13.4. The van der Waals surface area contributed by atoms with Crippen molar-refractivity contribution in [1.82, 2.24) is 29.9 Å². The van der Waals surface area contributed by atoms with E-state index in [-0.39, 0.29) is 11.9 Å². The number of hydrogen-bond acceptors (Lipinski definition) is 5. The lowest BCUT2D eigenvalue weighted by atomic mass is 9.86. The van der Waals surface area contributed by atoms with Crippen molar-refractivity contribution in [3.05, 3.63) is 48.0 Å². The normalized spacial score (nSPS) is 19.0. The van der Waals surface area contributed by atoms with Gasteiger partial charge in [-0.15, -0.1) is 10.2 Å². The molecule has 2 aromatic rings. The van der Waals surface area contributed by atoms with Crippen LogP contribution < -0.4 is 5.32 Å². The van der Waals surface area contributed by atoms with Crippen LogP contribution in [0.4, 0.5) is 4.79 Å². The van der Waals surface area contributed by atoms with Gasteiger partial charge in [0.25, 0.3) is 5.91 Å². The van der Waals surface area contributed by atoms with Gasteiger partial charge in [-0.1, -0.05) is 30.3 Å². The second-order valence-corrected chi connectivity index (χ2v) is 7.48. The van der Waals surface area contributed by atoms with Crippen molar-refractivity contribution >= 4 is 11.9 Å². The van der Waals surface area contributed by atoms with Crippen LogP contribution in [0.3, 0.4) is 0 Å². The molecule has 2 fully saturated rings. The predicted octanol–water partition coefficient (Wildman–Crippen LogP) is 1.22. The van der Waals surface area contributed by atoms with Crippen LogP contribution in [0, 0.1) is 6.92 Å². The number of aromatic nitrogens is 3. The molecule has 0 atom stereocenters. The van der Waals surface area contributed by atoms with E-state index in [4.69, 9.17) is 0 Å². The summed E-state index contributed by atoms with van der Waals surface area (Å²) in [6.45, 7) is 4.76. The average molecular weight is 382 g/mol. The third kappa shape index (κ3) is 3.28. The van der Waals surface area contributed by atoms with E-state index in [0.717, 1.165) is 25.3 Å². The van der Waals surface area contributed by atoms with Crippen molar-refractivity contribution in [1.29, 1.82) is 0 Å². The number of hydrogen-bond donors (Lipinski definition) is 1. The van der Waals surface area contributed by atoms with Crippen molar-refractivity contribution in [3.63, 3.8) is 0 Å². The fraction of sp³-hybridized carbons (Fsp3) is 0.500. The van der Waals surface area contributed by atoms with E-state index < -0.39 is 5.54 Å². The van der Waals surface area contributed by atoms with Gasteiger partial charge in [0.15, 0.2) is 0 Å². The molecule has 4 rings (SSSR count). The molecule has 2 aliphatic heterocycles. The summed E-state index contributed by atoms with van der Waals surface area (Å²) in [4.78, 5) is 29.8. The number of carbonyl (C=O) groups is 2. The van der Waals surface area contributed by atoms with Gasteiger partial charge in [-0.3, -0.25) is 9.69 Å². The fourth-order valence-electron chi connectivity index (χ4n) is 4.24. The lowest BCUT2D eigenvalue weighted by Crippen LogP contribution is -2.56. The molecule has 1 aromatic carbocycles. The van der Waals surface area contributed by atoms with Gasteiger partial charge in [0.1, 0.15) is 17.7 Å². The maximum atomic E-state index is 13.4. The van der Waals surface area contributed by atoms with Crippen molar-refractivity contribution in [2.24, 2.45) is 0 Å². The Morgan fingerprint density at radius 1 is 1.07 bits per heavy atom. The standard InChI is InChI=1S/C20H26N6O2/c1-16-23-22-15-24(16)13-14-25-18(27)20(8-10-21-11-9-20)26(19(25)28)12-7-17-5-3-2-4-6-17/h2-6,15,21H,7-14H2,1H3. The minimum Gasteiger partial charge on any atom is -0.317 e. The number of nitrogens with zero attached hydrogens (tertiary/aromatic N) is 5. The first kappa shape index (κ1) is 18.6. The molecule has 1 aromatic heterocycles. The van der Waals surface area contributed by atoms with Crippen LogP contribution in [0.5, 0.6) is 0 Å². The number of amides is 3. The monoisotopic (exact) mass is 382 g/mol. The van der Waals surface area contributed by atoms with E-state index >= 15 is 0 Å². The summed E-state index contributed by atoms with van der Waals surface area (Å²) in [5.41, 5.74) is 0.463. The Morgan fingerprint density at radius 2 is 1.82 bits per heavy atom. The highest BCUT2D eigenvalue weighted by Gasteiger charge is 2.56. The van der Waals surface area contributed by atoms with Crippen LogP contribution in [0.2, 0.25) is 0 Å². The first-order valence-electron chi connectivity index (χ1n) is 9.84. The molecule has 0 aliphatic carbocycles. The highest BCUT2D eigenvalue weighted by Crippen LogP contribution is 2.35. The van der Waals surface area contributed by atoms with E-state index in [1.54, 1.807) is 6.33 Å². The lowest BCUT2D eigenvalue weighted by Gasteiger charge is -2.38. The summed E-state index contributed by atoms with van der Waals surface area (Å²) in [5, 5.41) is 11.2. The molecule has 3 amide bonds. The predicted molar refractivity (Wildman–Crippen MR) is 104 cm³/mol. The Morgan fingerprint density at radius 3 is 2.50 bits per heavy atom. The fourth-order valence-corrected chi connectivity index (χ4v) is 4.24. The third-order valence-electron chi connectivity index (χ3n) is 5.89. The maximum Gasteiger partial charge on any atom is 0.327 e. The molecule has 0 bridgehead atoms. The average Bonchev–Trinajstić information content (AvgIpc) is 3.21. The molecular weight excluding hydrogens is 356 g/mol. The van der Waals surface area contributed by atoms with Gasteiger partial charge in [0.2, 0.25) is 0 Å². The molecule has 8 nitrogen and oxygen atoms in total. The van der Waals surface area contributed by atoms with E-state index in [9.17, 15) is 9.59 Å². The molecule has 1 N–H and O–H groups in total. The zero-order chi connectivity index (χ0) is 19.6. The Kier molecular flexibility index (Phi) is 5.13. The van der Waals surface area contributed by atoms with Gasteiger partial charge >= 0.3 is 6.03 Å². The summed E-state index contributed by atoms with van der Waals surface area (Å²) in [6, 6.07) is 9.93. The van der Waals surface area contributed by atoms with Crippen LogP contribution >= 0.6 is 0 Å². The lowest BCUT2D eigenvalue weighted by molar-refractivity contribution is -0.134. The Bertz CT molecular complexity index is 843. The van der Waals surface area contributed by atoms with Crippen LogP contribution in [0.25, 0.3) is 0 Å². The minimum absolute atomic E-state index is 0.0576. The molecule has 28 heavy (non-hydrogen) atoms. The number of benzene rings is 1. The van der Waals surface area contributed by atoms with E-state index in [2.05, 4.69) is 27.6 Å². The van der Waals surface area contributed by atoms with E-state index in [1.165, 1.54) is 10.5 Å². The van der Waals surface area contributed by atoms with Crippen LogP contribution in [0.15, 0.2) is 36.7 Å². The Hall–Kier alpha value is -2.74. The van der Waals surface area contributed by atoms with Gasteiger partial charge in [-0.2, -0.15) is 0 Å². The molecule has 2 saturated heterocycles. The number of nitrogens with one attached hydrogen (secondary N) is 1. The molecule has 0 radical (unpaired) electrons. The Labute approximate surface area is 164 Å². The quantitative estimate of drug-likeness (QED) is 0.760. The van der Waals surface area contributed by atoms with Crippen molar-refractivity contribution < 1.29 is 9.59 Å². The van der Waals surface area contributed by atoms with Crippen molar-refractivity contribution in [3.8, 4) is 0 Å². The molecular formula is C20H26N6O2. The summed E-state index contributed by atoms with van der Waals surface area (Å²) in [6.07, 6.45) is 3.70. The topological polar surface area (TPSA) is 83.4 Å². The molecule has 148 valence electrons. The number of urea groups is 1. The van der Waals surface area contributed by atoms with Gasteiger partial charge in [-0.25, -0.2) is 4.79 Å². The summed E-state index contributed by atoms with van der Waals surface area (Å²) in [5.74, 6) is 0.717. The van der Waals surface area contributed by atoms with Gasteiger partial charge in [0, 0.05) is 19.6 Å². The van der Waals surface area contributed by atoms with Crippen LogP contribution in [-0.2, 0) is 17.8 Å². The highest BCUT2D eigenvalue weighted by molar-refractivity contribution is 6.07. The molecule has 3 heterocycles. The highest BCUT2D eigenvalue weighted by atomic mass is 16.2. The molecule has 8 heteroatoms. The second-order valence-electron chi connectivity index (χ2n) is 7.48. The second kappa shape index (κ2) is 7.71. The van der Waals surface area contributed by atoms with Crippen LogP contribution in [0.1, 0.15) is 24.2 Å². The van der Waals surface area contributed by atoms with Crippen molar-refractivity contribution in [2.45, 2.75) is 38.3 Å². The number of imide groups is 1. The summed E-state index contributed by atoms with van der Waals surface area (Å²) in [7, 11) is 0. The third-order valence-corrected chi connectivity index (χ3v) is 5.89.